The van der Waals surface area contributed by atoms with Gasteiger partial charge in [0.25, 0.3) is 5.91 Å². The summed E-state index contributed by atoms with van der Waals surface area (Å²) < 4.78 is 22.8. The Bertz CT molecular complexity index is 765. The van der Waals surface area contributed by atoms with Crippen molar-refractivity contribution in [3.8, 4) is 0 Å². The predicted octanol–water partition coefficient (Wildman–Crippen LogP) is 2.43. The molecule has 6 nitrogen and oxygen atoms in total. The van der Waals surface area contributed by atoms with Gasteiger partial charge in [0.05, 0.1) is 4.90 Å². The van der Waals surface area contributed by atoms with E-state index in [4.69, 9.17) is 0 Å². The van der Waals surface area contributed by atoms with Crippen LogP contribution in [0.15, 0.2) is 34.5 Å². The highest BCUT2D eigenvalue weighted by Crippen LogP contribution is 2.22. The Morgan fingerprint density at radius 3 is 2.41 bits per heavy atom. The molecule has 1 aromatic carbocycles. The minimum Gasteiger partial charge on any atom is -0.349 e. The minimum absolute atomic E-state index is 0.0501. The summed E-state index contributed by atoms with van der Waals surface area (Å²) in [6.45, 7) is 3.76. The Balaban J connectivity index is 2.09. The lowest BCUT2D eigenvalue weighted by atomic mass is 10.3. The van der Waals surface area contributed by atoms with Gasteiger partial charge in [0, 0.05) is 23.4 Å². The van der Waals surface area contributed by atoms with Crippen molar-refractivity contribution in [3.05, 3.63) is 35.3 Å². The number of aromatic nitrogens is 1. The molecule has 2 N–H and O–H groups in total. The summed E-state index contributed by atoms with van der Waals surface area (Å²) in [5, 5.41) is 8.06. The van der Waals surface area contributed by atoms with Gasteiger partial charge in [-0.2, -0.15) is 0 Å². The van der Waals surface area contributed by atoms with E-state index in [0.717, 1.165) is 6.26 Å². The van der Waals surface area contributed by atoms with Crippen molar-refractivity contribution < 1.29 is 13.2 Å². The number of carbonyl (C=O) groups is 1. The molecule has 2 rings (SSSR count). The van der Waals surface area contributed by atoms with E-state index in [1.165, 1.54) is 23.5 Å². The number of amides is 1. The minimum atomic E-state index is -3.20. The molecular formula is C14H17N3O3S2. The Morgan fingerprint density at radius 2 is 1.86 bits per heavy atom. The van der Waals surface area contributed by atoms with Crippen LogP contribution in [0.25, 0.3) is 0 Å². The van der Waals surface area contributed by atoms with Gasteiger partial charge in [0.2, 0.25) is 0 Å². The zero-order valence-electron chi connectivity index (χ0n) is 12.5. The summed E-state index contributed by atoms with van der Waals surface area (Å²) in [7, 11) is -3.20. The summed E-state index contributed by atoms with van der Waals surface area (Å²) in [5.41, 5.74) is 1.06. The molecule has 22 heavy (non-hydrogen) atoms. The van der Waals surface area contributed by atoms with Gasteiger partial charge in [0.1, 0.15) is 5.69 Å². The maximum absolute atomic E-state index is 11.8. The normalized spacial score (nSPS) is 11.5. The Hall–Kier alpha value is -1.93. The molecule has 0 spiro atoms. The Morgan fingerprint density at radius 1 is 1.23 bits per heavy atom. The fourth-order valence-corrected chi connectivity index (χ4v) is 3.02. The number of nitrogens with zero attached hydrogens (tertiary/aromatic N) is 1. The van der Waals surface area contributed by atoms with Crippen molar-refractivity contribution in [3.63, 3.8) is 0 Å². The molecule has 0 bridgehead atoms. The van der Waals surface area contributed by atoms with Crippen LogP contribution in [0, 0.1) is 0 Å². The Kier molecular flexibility index (Phi) is 4.82. The first kappa shape index (κ1) is 16.4. The van der Waals surface area contributed by atoms with Crippen molar-refractivity contribution in [1.82, 2.24) is 10.3 Å². The van der Waals surface area contributed by atoms with Crippen molar-refractivity contribution in [2.24, 2.45) is 0 Å². The smallest absolute Gasteiger partial charge is 0.271 e. The van der Waals surface area contributed by atoms with E-state index in [1.54, 1.807) is 17.5 Å². The van der Waals surface area contributed by atoms with Gasteiger partial charge in [-0.15, -0.1) is 11.3 Å². The zero-order chi connectivity index (χ0) is 16.3. The number of rotatable bonds is 5. The van der Waals surface area contributed by atoms with E-state index in [-0.39, 0.29) is 16.8 Å². The second kappa shape index (κ2) is 6.45. The third-order valence-electron chi connectivity index (χ3n) is 2.69. The van der Waals surface area contributed by atoms with E-state index < -0.39 is 9.84 Å². The third-order valence-corrected chi connectivity index (χ3v) is 4.58. The molecule has 8 heteroatoms. The van der Waals surface area contributed by atoms with E-state index in [1.807, 2.05) is 13.8 Å². The van der Waals surface area contributed by atoms with E-state index in [0.29, 0.717) is 16.5 Å². The average molecular weight is 339 g/mol. The van der Waals surface area contributed by atoms with Crippen LogP contribution in [0.4, 0.5) is 10.8 Å². The number of nitrogens with one attached hydrogen (secondary N) is 2. The molecule has 1 heterocycles. The van der Waals surface area contributed by atoms with Crippen LogP contribution < -0.4 is 10.6 Å². The summed E-state index contributed by atoms with van der Waals surface area (Å²) >= 11 is 1.31. The largest absolute Gasteiger partial charge is 0.349 e. The highest BCUT2D eigenvalue weighted by Gasteiger charge is 2.12. The number of carbonyl (C=O) groups excluding carboxylic acids is 1. The van der Waals surface area contributed by atoms with Crippen molar-refractivity contribution in [1.29, 1.82) is 0 Å². The van der Waals surface area contributed by atoms with Crippen LogP contribution in [0.2, 0.25) is 0 Å². The van der Waals surface area contributed by atoms with Gasteiger partial charge < -0.3 is 10.6 Å². The first-order valence-corrected chi connectivity index (χ1v) is 9.36. The van der Waals surface area contributed by atoms with E-state index >= 15 is 0 Å². The van der Waals surface area contributed by atoms with Gasteiger partial charge in [-0.1, -0.05) is 0 Å². The molecule has 0 saturated heterocycles. The average Bonchev–Trinajstić information content (AvgIpc) is 2.86. The summed E-state index contributed by atoms with van der Waals surface area (Å²) in [6, 6.07) is 6.42. The fourth-order valence-electron chi connectivity index (χ4n) is 1.68. The van der Waals surface area contributed by atoms with E-state index in [2.05, 4.69) is 15.6 Å². The molecule has 2 aromatic rings. The first-order chi connectivity index (χ1) is 10.3. The number of sulfone groups is 1. The van der Waals surface area contributed by atoms with Crippen LogP contribution in [0.1, 0.15) is 24.3 Å². The molecule has 0 unspecified atom stereocenters. The zero-order valence-corrected chi connectivity index (χ0v) is 14.1. The van der Waals surface area contributed by atoms with Crippen LogP contribution >= 0.6 is 11.3 Å². The second-order valence-corrected chi connectivity index (χ2v) is 7.96. The maximum Gasteiger partial charge on any atom is 0.271 e. The lowest BCUT2D eigenvalue weighted by molar-refractivity contribution is 0.0939. The number of anilines is 2. The van der Waals surface area contributed by atoms with Gasteiger partial charge in [-0.25, -0.2) is 13.4 Å². The predicted molar refractivity (Wildman–Crippen MR) is 87.6 cm³/mol. The molecule has 0 aliphatic rings. The highest BCUT2D eigenvalue weighted by molar-refractivity contribution is 7.90. The standard InChI is InChI=1S/C14H17N3O3S2/c1-9(2)15-13(18)12-8-21-14(17-12)16-10-4-6-11(7-5-10)22(3,19)20/h4-9H,1-3H3,(H,15,18)(H,16,17). The number of hydrogen-bond donors (Lipinski definition) is 2. The maximum atomic E-state index is 11.8. The summed E-state index contributed by atoms with van der Waals surface area (Å²) in [5.74, 6) is -0.216. The lowest BCUT2D eigenvalue weighted by Crippen LogP contribution is -2.30. The van der Waals surface area contributed by atoms with Crippen molar-refractivity contribution in [2.45, 2.75) is 24.8 Å². The molecule has 0 aliphatic heterocycles. The third kappa shape index (κ3) is 4.28. The molecule has 0 aliphatic carbocycles. The molecule has 0 fully saturated rings. The summed E-state index contributed by atoms with van der Waals surface area (Å²) in [4.78, 5) is 16.3. The fraction of sp³-hybridized carbons (Fsp3) is 0.286. The Labute approximate surface area is 133 Å². The molecule has 0 saturated carbocycles. The van der Waals surface area contributed by atoms with Crippen LogP contribution in [-0.2, 0) is 9.84 Å². The summed E-state index contributed by atoms with van der Waals surface area (Å²) in [6.07, 6.45) is 1.16. The molecule has 118 valence electrons. The molecule has 1 amide bonds. The van der Waals surface area contributed by atoms with Gasteiger partial charge >= 0.3 is 0 Å². The van der Waals surface area contributed by atoms with Gasteiger partial charge in [-0.05, 0) is 38.1 Å². The van der Waals surface area contributed by atoms with Gasteiger partial charge in [0.15, 0.2) is 15.0 Å². The second-order valence-electron chi connectivity index (χ2n) is 5.09. The quantitative estimate of drug-likeness (QED) is 0.873. The van der Waals surface area contributed by atoms with Crippen LogP contribution in [0.5, 0.6) is 0 Å². The molecule has 0 atom stereocenters. The van der Waals surface area contributed by atoms with Crippen LogP contribution in [0.3, 0.4) is 0 Å². The monoisotopic (exact) mass is 339 g/mol. The van der Waals surface area contributed by atoms with Crippen LogP contribution in [-0.4, -0.2) is 31.6 Å². The lowest BCUT2D eigenvalue weighted by Gasteiger charge is -2.06. The topological polar surface area (TPSA) is 88.2 Å². The van der Waals surface area contributed by atoms with Crippen molar-refractivity contribution in [2.75, 3.05) is 11.6 Å². The SMILES string of the molecule is CC(C)NC(=O)c1csc(Nc2ccc(S(C)(=O)=O)cc2)n1. The number of thiazole rings is 1. The highest BCUT2D eigenvalue weighted by atomic mass is 32.2. The first-order valence-electron chi connectivity index (χ1n) is 6.59. The number of hydrogen-bond acceptors (Lipinski definition) is 6. The number of benzene rings is 1. The molecule has 0 radical (unpaired) electrons. The van der Waals surface area contributed by atoms with E-state index in [9.17, 15) is 13.2 Å². The molecular weight excluding hydrogens is 322 g/mol. The van der Waals surface area contributed by atoms with Gasteiger partial charge in [-0.3, -0.25) is 4.79 Å². The van der Waals surface area contributed by atoms with Crippen molar-refractivity contribution >= 4 is 37.9 Å². The molecule has 1 aromatic heterocycles.